The van der Waals surface area contributed by atoms with Crippen molar-refractivity contribution < 1.29 is 9.84 Å². The molecule has 0 saturated carbocycles. The van der Waals surface area contributed by atoms with Crippen molar-refractivity contribution in [3.63, 3.8) is 0 Å². The van der Waals surface area contributed by atoms with Gasteiger partial charge in [-0.3, -0.25) is 0 Å². The fourth-order valence-corrected chi connectivity index (χ4v) is 1.74. The molecule has 2 N–H and O–H groups in total. The van der Waals surface area contributed by atoms with E-state index in [1.165, 1.54) is 0 Å². The number of ether oxygens (including phenoxy) is 1. The van der Waals surface area contributed by atoms with Crippen molar-refractivity contribution in [3.8, 4) is 5.75 Å². The molecule has 0 saturated heterocycles. The number of fused-ring (bicyclic) bond motifs is 1. The first-order valence-corrected chi connectivity index (χ1v) is 5.77. The van der Waals surface area contributed by atoms with E-state index >= 15 is 0 Å². The van der Waals surface area contributed by atoms with Crippen molar-refractivity contribution in [2.45, 2.75) is 19.1 Å². The molecule has 0 aromatic heterocycles. The Morgan fingerprint density at radius 1 is 1.12 bits per heavy atom. The molecule has 1 atom stereocenters. The van der Waals surface area contributed by atoms with Gasteiger partial charge >= 0.3 is 0 Å². The van der Waals surface area contributed by atoms with Crippen LogP contribution < -0.4 is 10.5 Å². The lowest BCUT2D eigenvalue weighted by Crippen LogP contribution is -2.17. The monoisotopic (exact) mass is 230 g/mol. The number of hydrogen-bond acceptors (Lipinski definition) is 2. The van der Waals surface area contributed by atoms with E-state index in [1.807, 2.05) is 42.5 Å². The first kappa shape index (κ1) is 11.9. The van der Waals surface area contributed by atoms with Crippen LogP contribution in [0.15, 0.2) is 42.5 Å². The molecule has 0 heterocycles. The molecule has 2 aromatic rings. The van der Waals surface area contributed by atoms with Gasteiger partial charge in [-0.05, 0) is 29.3 Å². The van der Waals surface area contributed by atoms with Gasteiger partial charge in [0, 0.05) is 13.0 Å². The van der Waals surface area contributed by atoms with Gasteiger partial charge in [-0.2, -0.15) is 0 Å². The summed E-state index contributed by atoms with van der Waals surface area (Å²) >= 11 is 0. The molecular weight excluding hydrogens is 214 g/mol. The summed E-state index contributed by atoms with van der Waals surface area (Å²) in [5, 5.41) is 11.0. The van der Waals surface area contributed by atoms with E-state index in [9.17, 15) is 0 Å². The molecule has 2 rings (SSSR count). The van der Waals surface area contributed by atoms with Crippen LogP contribution in [0, 0.1) is 0 Å². The number of aliphatic hydroxyl groups excluding tert-OH is 1. The van der Waals surface area contributed by atoms with Gasteiger partial charge in [-0.15, -0.1) is 0 Å². The summed E-state index contributed by atoms with van der Waals surface area (Å²) in [5.74, 6) is 0.710. The lowest BCUT2D eigenvalue weighted by Gasteiger charge is -2.13. The van der Waals surface area contributed by atoms with E-state index < -0.39 is 6.23 Å². The Morgan fingerprint density at radius 3 is 2.65 bits per heavy atom. The third-order valence-corrected chi connectivity index (χ3v) is 2.62. The molecular formula is C14H16NO2. The SMILES string of the molecule is [NH]C(CCCO)Oc1ccc2ccccc2c1. The molecule has 0 bridgehead atoms. The fraction of sp³-hybridized carbons (Fsp3) is 0.286. The smallest absolute Gasteiger partial charge is 0.162 e. The second-order valence-electron chi connectivity index (χ2n) is 3.98. The Kier molecular flexibility index (Phi) is 3.96. The Hall–Kier alpha value is -1.58. The molecule has 2 aromatic carbocycles. The first-order chi connectivity index (χ1) is 8.29. The maximum atomic E-state index is 8.68. The van der Waals surface area contributed by atoms with E-state index in [4.69, 9.17) is 15.6 Å². The molecule has 0 aliphatic carbocycles. The van der Waals surface area contributed by atoms with Gasteiger partial charge in [0.05, 0.1) is 0 Å². The number of nitrogens with one attached hydrogen (secondary N) is 1. The Balaban J connectivity index is 2.08. The Bertz CT molecular complexity index is 484. The van der Waals surface area contributed by atoms with E-state index in [1.54, 1.807) is 0 Å². The van der Waals surface area contributed by atoms with Crippen molar-refractivity contribution in [1.29, 1.82) is 0 Å². The summed E-state index contributed by atoms with van der Waals surface area (Å²) in [6.45, 7) is 0.108. The van der Waals surface area contributed by atoms with Gasteiger partial charge in [-0.25, -0.2) is 5.73 Å². The summed E-state index contributed by atoms with van der Waals surface area (Å²) in [4.78, 5) is 0. The van der Waals surface area contributed by atoms with Gasteiger partial charge < -0.3 is 9.84 Å². The average Bonchev–Trinajstić information content (AvgIpc) is 2.36. The highest BCUT2D eigenvalue weighted by atomic mass is 16.5. The highest BCUT2D eigenvalue weighted by Crippen LogP contribution is 2.21. The van der Waals surface area contributed by atoms with Crippen LogP contribution in [0.1, 0.15) is 12.8 Å². The number of benzene rings is 2. The lowest BCUT2D eigenvalue weighted by atomic mass is 10.1. The van der Waals surface area contributed by atoms with E-state index in [0.29, 0.717) is 18.6 Å². The van der Waals surface area contributed by atoms with Crippen LogP contribution in [0.5, 0.6) is 5.75 Å². The molecule has 0 aliphatic rings. The van der Waals surface area contributed by atoms with E-state index in [2.05, 4.69) is 0 Å². The topological polar surface area (TPSA) is 53.3 Å². The number of hydrogen-bond donors (Lipinski definition) is 1. The predicted molar refractivity (Wildman–Crippen MR) is 67.8 cm³/mol. The molecule has 1 radical (unpaired) electrons. The van der Waals surface area contributed by atoms with Crippen LogP contribution in [0.3, 0.4) is 0 Å². The lowest BCUT2D eigenvalue weighted by molar-refractivity contribution is 0.172. The zero-order valence-corrected chi connectivity index (χ0v) is 9.60. The second-order valence-corrected chi connectivity index (χ2v) is 3.98. The molecule has 0 aliphatic heterocycles. The third-order valence-electron chi connectivity index (χ3n) is 2.62. The predicted octanol–water partition coefficient (Wildman–Crippen LogP) is 2.60. The van der Waals surface area contributed by atoms with Crippen molar-refractivity contribution in [3.05, 3.63) is 42.5 Å². The molecule has 0 amide bonds. The minimum absolute atomic E-state index is 0.108. The summed E-state index contributed by atoms with van der Waals surface area (Å²) in [6, 6.07) is 13.9. The van der Waals surface area contributed by atoms with Gasteiger partial charge in [-0.1, -0.05) is 30.3 Å². The maximum absolute atomic E-state index is 8.68. The van der Waals surface area contributed by atoms with Crippen LogP contribution in [0.25, 0.3) is 10.8 Å². The van der Waals surface area contributed by atoms with Gasteiger partial charge in [0.1, 0.15) is 5.75 Å². The standard InChI is InChI=1S/C14H16NO2/c15-14(6-3-9-16)17-13-8-7-11-4-1-2-5-12(11)10-13/h1-2,4-5,7-8,10,14-16H,3,6,9H2. The van der Waals surface area contributed by atoms with Crippen LogP contribution >= 0.6 is 0 Å². The van der Waals surface area contributed by atoms with Crippen LogP contribution in [0.2, 0.25) is 0 Å². The zero-order chi connectivity index (χ0) is 12.1. The second kappa shape index (κ2) is 5.66. The van der Waals surface area contributed by atoms with Crippen LogP contribution in [0.4, 0.5) is 0 Å². The average molecular weight is 230 g/mol. The van der Waals surface area contributed by atoms with Gasteiger partial charge in [0.2, 0.25) is 0 Å². The largest absolute Gasteiger partial charge is 0.474 e. The minimum atomic E-state index is -0.608. The Labute approximate surface area is 101 Å². The van der Waals surface area contributed by atoms with Crippen LogP contribution in [-0.2, 0) is 0 Å². The summed E-state index contributed by atoms with van der Waals surface area (Å²) in [7, 11) is 0. The molecule has 3 heteroatoms. The van der Waals surface area contributed by atoms with Crippen LogP contribution in [-0.4, -0.2) is 17.9 Å². The fourth-order valence-electron chi connectivity index (χ4n) is 1.74. The molecule has 1 unspecified atom stereocenters. The highest BCUT2D eigenvalue weighted by Gasteiger charge is 2.05. The molecule has 0 spiro atoms. The highest BCUT2D eigenvalue weighted by molar-refractivity contribution is 5.83. The van der Waals surface area contributed by atoms with Crippen molar-refractivity contribution in [2.24, 2.45) is 0 Å². The summed E-state index contributed by atoms with van der Waals surface area (Å²) < 4.78 is 5.48. The Morgan fingerprint density at radius 2 is 1.88 bits per heavy atom. The third kappa shape index (κ3) is 3.19. The zero-order valence-electron chi connectivity index (χ0n) is 9.60. The maximum Gasteiger partial charge on any atom is 0.162 e. The minimum Gasteiger partial charge on any atom is -0.474 e. The molecule has 89 valence electrons. The van der Waals surface area contributed by atoms with Crippen molar-refractivity contribution in [1.82, 2.24) is 5.73 Å². The quantitative estimate of drug-likeness (QED) is 0.858. The summed E-state index contributed by atoms with van der Waals surface area (Å²) in [6.07, 6.45) is 0.536. The molecule has 0 fully saturated rings. The van der Waals surface area contributed by atoms with Gasteiger partial charge in [0.15, 0.2) is 6.23 Å². The number of rotatable bonds is 5. The summed E-state index contributed by atoms with van der Waals surface area (Å²) in [5.41, 5.74) is 7.69. The van der Waals surface area contributed by atoms with Crippen molar-refractivity contribution >= 4 is 10.8 Å². The van der Waals surface area contributed by atoms with Gasteiger partial charge in [0.25, 0.3) is 0 Å². The number of aliphatic hydroxyl groups is 1. The molecule has 3 nitrogen and oxygen atoms in total. The normalized spacial score (nSPS) is 12.6. The van der Waals surface area contributed by atoms with Crippen molar-refractivity contribution in [2.75, 3.05) is 6.61 Å². The van der Waals surface area contributed by atoms with E-state index in [0.717, 1.165) is 10.8 Å². The molecule has 17 heavy (non-hydrogen) atoms. The van der Waals surface area contributed by atoms with E-state index in [-0.39, 0.29) is 6.61 Å². The first-order valence-electron chi connectivity index (χ1n) is 5.77.